The molecule has 0 aliphatic carbocycles. The Balaban J connectivity index is 1.97. The molecule has 2 fully saturated rings. The normalized spacial score (nSPS) is 22.0. The summed E-state index contributed by atoms with van der Waals surface area (Å²) in [5.41, 5.74) is -1.43. The van der Waals surface area contributed by atoms with Crippen LogP contribution in [0.25, 0.3) is 0 Å². The molecule has 0 bridgehead atoms. The minimum atomic E-state index is -1.07. The number of piperidine rings is 1. The molecule has 2 aliphatic rings. The van der Waals surface area contributed by atoms with E-state index < -0.39 is 11.2 Å². The molecule has 0 aromatic rings. The molecule has 6 nitrogen and oxygen atoms in total. The van der Waals surface area contributed by atoms with Crippen molar-refractivity contribution < 1.29 is 19.1 Å². The molecule has 2 saturated heterocycles. The highest BCUT2D eigenvalue weighted by molar-refractivity contribution is 6.04. The molecule has 2 rings (SSSR count). The molecule has 0 atom stereocenters. The molecule has 0 aromatic heterocycles. The van der Waals surface area contributed by atoms with E-state index in [1.165, 1.54) is 0 Å². The predicted molar refractivity (Wildman–Crippen MR) is 82.1 cm³/mol. The van der Waals surface area contributed by atoms with Crippen LogP contribution in [0.5, 0.6) is 0 Å². The van der Waals surface area contributed by atoms with Crippen LogP contribution in [0.2, 0.25) is 0 Å². The number of carbonyl (C=O) groups excluding carboxylic acids is 2. The van der Waals surface area contributed by atoms with Gasteiger partial charge in [0.2, 0.25) is 11.8 Å². The molecule has 0 radical (unpaired) electrons. The number of carbonyl (C=O) groups is 2. The number of rotatable bonds is 2. The number of hydrogen-bond donors (Lipinski definition) is 1. The van der Waals surface area contributed by atoms with E-state index in [2.05, 4.69) is 5.32 Å². The molecule has 0 saturated carbocycles. The minimum absolute atomic E-state index is 0.137. The summed E-state index contributed by atoms with van der Waals surface area (Å²) in [5, 5.41) is 2.89. The number of nitrogens with one attached hydrogen (secondary N) is 1. The summed E-state index contributed by atoms with van der Waals surface area (Å²) in [6.07, 6.45) is 1.32. The van der Waals surface area contributed by atoms with Crippen LogP contribution in [-0.2, 0) is 19.1 Å². The Kier molecular flexibility index (Phi) is 4.55. The van der Waals surface area contributed by atoms with Crippen molar-refractivity contribution in [2.24, 2.45) is 5.41 Å². The first-order valence-corrected chi connectivity index (χ1v) is 7.96. The van der Waals surface area contributed by atoms with Crippen LogP contribution in [0.15, 0.2) is 0 Å². The zero-order chi connectivity index (χ0) is 16.6. The topological polar surface area (TPSA) is 67.9 Å². The van der Waals surface area contributed by atoms with Crippen molar-refractivity contribution in [3.63, 3.8) is 0 Å². The number of amides is 2. The lowest BCUT2D eigenvalue weighted by atomic mass is 9.88. The van der Waals surface area contributed by atoms with E-state index in [9.17, 15) is 9.59 Å². The van der Waals surface area contributed by atoms with E-state index in [1.54, 1.807) is 18.7 Å². The van der Waals surface area contributed by atoms with Crippen molar-refractivity contribution in [1.82, 2.24) is 10.2 Å². The van der Waals surface area contributed by atoms with Gasteiger partial charge in [0.1, 0.15) is 5.41 Å². The van der Waals surface area contributed by atoms with Gasteiger partial charge in [-0.2, -0.15) is 0 Å². The Morgan fingerprint density at radius 3 is 1.95 bits per heavy atom. The average molecular weight is 312 g/mol. The highest BCUT2D eigenvalue weighted by atomic mass is 16.7. The van der Waals surface area contributed by atoms with Crippen LogP contribution in [0.4, 0.5) is 0 Å². The van der Waals surface area contributed by atoms with Crippen molar-refractivity contribution in [2.45, 2.75) is 58.8 Å². The van der Waals surface area contributed by atoms with E-state index in [1.807, 2.05) is 20.8 Å². The van der Waals surface area contributed by atoms with Gasteiger partial charge in [0.15, 0.2) is 5.79 Å². The molecular weight excluding hydrogens is 284 g/mol. The number of ether oxygens (including phenoxy) is 2. The molecule has 0 aromatic carbocycles. The fourth-order valence-corrected chi connectivity index (χ4v) is 2.83. The Labute approximate surface area is 132 Å². The maximum Gasteiger partial charge on any atom is 0.237 e. The Morgan fingerprint density at radius 1 is 1.00 bits per heavy atom. The van der Waals surface area contributed by atoms with Gasteiger partial charge in [-0.15, -0.1) is 0 Å². The molecule has 1 spiro atoms. The number of likely N-dealkylation sites (tertiary alicyclic amines) is 1. The Morgan fingerprint density at radius 2 is 1.50 bits per heavy atom. The van der Waals surface area contributed by atoms with Crippen molar-refractivity contribution in [3.8, 4) is 0 Å². The van der Waals surface area contributed by atoms with Gasteiger partial charge in [-0.05, 0) is 34.6 Å². The second-order valence-electron chi connectivity index (χ2n) is 7.73. The third-order valence-corrected chi connectivity index (χ3v) is 4.22. The highest BCUT2D eigenvalue weighted by Crippen LogP contribution is 2.33. The van der Waals surface area contributed by atoms with Gasteiger partial charge in [-0.3, -0.25) is 9.59 Å². The fraction of sp³-hybridized carbons (Fsp3) is 0.875. The van der Waals surface area contributed by atoms with Crippen molar-refractivity contribution in [1.29, 1.82) is 0 Å². The van der Waals surface area contributed by atoms with Gasteiger partial charge in [0.25, 0.3) is 0 Å². The summed E-state index contributed by atoms with van der Waals surface area (Å²) in [6, 6.07) is 0. The van der Waals surface area contributed by atoms with Crippen molar-refractivity contribution >= 4 is 11.8 Å². The summed E-state index contributed by atoms with van der Waals surface area (Å²) in [6.45, 7) is 11.4. The molecule has 22 heavy (non-hydrogen) atoms. The second kappa shape index (κ2) is 5.81. The largest absolute Gasteiger partial charge is 0.351 e. The van der Waals surface area contributed by atoms with Crippen LogP contribution in [0, 0.1) is 5.41 Å². The van der Waals surface area contributed by atoms with Crippen LogP contribution in [0.1, 0.15) is 47.5 Å². The fourth-order valence-electron chi connectivity index (χ4n) is 2.83. The Bertz CT molecular complexity index is 438. The van der Waals surface area contributed by atoms with E-state index in [0.29, 0.717) is 39.1 Å². The van der Waals surface area contributed by atoms with Crippen LogP contribution < -0.4 is 5.32 Å². The van der Waals surface area contributed by atoms with Gasteiger partial charge in [-0.1, -0.05) is 0 Å². The zero-order valence-corrected chi connectivity index (χ0v) is 14.3. The second-order valence-corrected chi connectivity index (χ2v) is 7.73. The predicted octanol–water partition coefficient (Wildman–Crippen LogP) is 1.29. The van der Waals surface area contributed by atoms with Gasteiger partial charge < -0.3 is 19.7 Å². The summed E-state index contributed by atoms with van der Waals surface area (Å²) in [7, 11) is 0. The summed E-state index contributed by atoms with van der Waals surface area (Å²) in [5.74, 6) is -0.880. The van der Waals surface area contributed by atoms with Crippen molar-refractivity contribution in [3.05, 3.63) is 0 Å². The summed E-state index contributed by atoms with van der Waals surface area (Å²) >= 11 is 0. The molecule has 2 amide bonds. The molecule has 2 heterocycles. The van der Waals surface area contributed by atoms with Crippen LogP contribution in [0.3, 0.4) is 0 Å². The highest BCUT2D eigenvalue weighted by Gasteiger charge is 2.45. The maximum absolute atomic E-state index is 12.7. The third kappa shape index (κ3) is 3.60. The summed E-state index contributed by atoms with van der Waals surface area (Å²) in [4.78, 5) is 26.9. The van der Waals surface area contributed by atoms with Gasteiger partial charge in [-0.25, -0.2) is 0 Å². The molecule has 126 valence electrons. The van der Waals surface area contributed by atoms with Crippen LogP contribution >= 0.6 is 0 Å². The van der Waals surface area contributed by atoms with E-state index in [0.717, 1.165) is 0 Å². The zero-order valence-electron chi connectivity index (χ0n) is 14.3. The van der Waals surface area contributed by atoms with Gasteiger partial charge in [0.05, 0.1) is 13.2 Å². The molecule has 1 N–H and O–H groups in total. The minimum Gasteiger partial charge on any atom is -0.351 e. The van der Waals surface area contributed by atoms with E-state index in [-0.39, 0.29) is 17.4 Å². The van der Waals surface area contributed by atoms with Crippen molar-refractivity contribution in [2.75, 3.05) is 26.3 Å². The lowest BCUT2D eigenvalue weighted by Crippen LogP contribution is -2.56. The molecular formula is C16H28N2O4. The van der Waals surface area contributed by atoms with E-state index in [4.69, 9.17) is 9.47 Å². The quantitative estimate of drug-likeness (QED) is 0.780. The first-order valence-electron chi connectivity index (χ1n) is 7.96. The third-order valence-electron chi connectivity index (χ3n) is 4.22. The van der Waals surface area contributed by atoms with Gasteiger partial charge >= 0.3 is 0 Å². The van der Waals surface area contributed by atoms with E-state index >= 15 is 0 Å². The van der Waals surface area contributed by atoms with Gasteiger partial charge in [0, 0.05) is 31.5 Å². The maximum atomic E-state index is 12.7. The molecule has 2 aliphatic heterocycles. The standard InChI is InChI=1S/C16H28N2O4/c1-14(2,3)17-12(19)15(4,5)13(20)18-8-6-16(7-9-18)21-10-11-22-16/h6-11H2,1-5H3,(H,17,19). The number of hydrogen-bond acceptors (Lipinski definition) is 4. The Hall–Kier alpha value is -1.14. The lowest BCUT2D eigenvalue weighted by molar-refractivity contribution is -0.189. The van der Waals surface area contributed by atoms with Crippen LogP contribution in [-0.4, -0.2) is 54.3 Å². The molecule has 0 unspecified atom stereocenters. The average Bonchev–Trinajstić information content (AvgIpc) is 2.85. The smallest absolute Gasteiger partial charge is 0.237 e. The lowest BCUT2D eigenvalue weighted by Gasteiger charge is -2.40. The summed E-state index contributed by atoms with van der Waals surface area (Å²) < 4.78 is 11.3. The first kappa shape index (κ1) is 17.2. The first-order chi connectivity index (χ1) is 10.1. The number of nitrogens with zero attached hydrogens (tertiary/aromatic N) is 1. The molecule has 6 heteroatoms. The SMILES string of the molecule is CC(C)(C)NC(=O)C(C)(C)C(=O)N1CCC2(CC1)OCCO2. The monoisotopic (exact) mass is 312 g/mol.